The van der Waals surface area contributed by atoms with E-state index in [4.69, 9.17) is 5.73 Å². The lowest BCUT2D eigenvalue weighted by atomic mass is 10.1. The summed E-state index contributed by atoms with van der Waals surface area (Å²) in [6.07, 6.45) is 6.46. The topological polar surface area (TPSA) is 58.4 Å². The molecule has 1 aliphatic rings. The van der Waals surface area contributed by atoms with Gasteiger partial charge in [0.05, 0.1) is 0 Å². The molecule has 0 aromatic rings. The number of nitrogens with one attached hydrogen (secondary N) is 1. The highest BCUT2D eigenvalue weighted by atomic mass is 16.1. The molecule has 1 saturated heterocycles. The van der Waals surface area contributed by atoms with Crippen molar-refractivity contribution in [3.8, 4) is 0 Å². The number of nitrogens with two attached hydrogens (primary N) is 1. The van der Waals surface area contributed by atoms with Crippen molar-refractivity contribution in [2.24, 2.45) is 5.73 Å². The molecule has 0 spiro atoms. The van der Waals surface area contributed by atoms with Crippen molar-refractivity contribution in [3.63, 3.8) is 0 Å². The zero-order valence-electron chi connectivity index (χ0n) is 10.2. The number of hydrogen-bond acceptors (Lipinski definition) is 3. The molecule has 4 heteroatoms. The Hall–Kier alpha value is -0.610. The first-order chi connectivity index (χ1) is 7.83. The van der Waals surface area contributed by atoms with Crippen LogP contribution in [0, 0.1) is 0 Å². The number of rotatable bonds is 7. The summed E-state index contributed by atoms with van der Waals surface area (Å²) in [5.74, 6) is 0.172. The number of likely N-dealkylation sites (tertiary alicyclic amines) is 1. The van der Waals surface area contributed by atoms with Gasteiger partial charge in [-0.2, -0.15) is 0 Å². The smallest absolute Gasteiger partial charge is 0.220 e. The molecule has 0 radical (unpaired) electrons. The van der Waals surface area contributed by atoms with E-state index in [0.29, 0.717) is 13.0 Å². The van der Waals surface area contributed by atoms with E-state index in [1.165, 1.54) is 32.4 Å². The highest BCUT2D eigenvalue weighted by Crippen LogP contribution is 2.07. The number of piperidine rings is 1. The summed E-state index contributed by atoms with van der Waals surface area (Å²) in [5.41, 5.74) is 5.37. The number of hydrogen-bond donors (Lipinski definition) is 2. The Morgan fingerprint density at radius 1 is 1.19 bits per heavy atom. The van der Waals surface area contributed by atoms with Crippen LogP contribution < -0.4 is 11.1 Å². The van der Waals surface area contributed by atoms with Gasteiger partial charge in [-0.3, -0.25) is 4.79 Å². The van der Waals surface area contributed by atoms with Gasteiger partial charge in [0.25, 0.3) is 0 Å². The molecule has 0 aromatic carbocycles. The molecular formula is C12H25N3O. The third-order valence-electron chi connectivity index (χ3n) is 3.06. The highest BCUT2D eigenvalue weighted by Gasteiger charge is 2.09. The van der Waals surface area contributed by atoms with E-state index in [9.17, 15) is 4.79 Å². The van der Waals surface area contributed by atoms with E-state index in [1.807, 2.05) is 0 Å². The largest absolute Gasteiger partial charge is 0.355 e. The quantitative estimate of drug-likeness (QED) is 0.630. The van der Waals surface area contributed by atoms with Crippen LogP contribution in [0.5, 0.6) is 0 Å². The molecule has 1 heterocycles. The predicted octanol–water partition coefficient (Wildman–Crippen LogP) is 0.718. The Morgan fingerprint density at radius 3 is 2.62 bits per heavy atom. The van der Waals surface area contributed by atoms with Gasteiger partial charge >= 0.3 is 0 Å². The molecular weight excluding hydrogens is 202 g/mol. The zero-order chi connectivity index (χ0) is 11.6. The Labute approximate surface area is 98.6 Å². The van der Waals surface area contributed by atoms with Crippen molar-refractivity contribution in [1.29, 1.82) is 0 Å². The lowest BCUT2D eigenvalue weighted by Crippen LogP contribution is -2.37. The van der Waals surface area contributed by atoms with Crippen molar-refractivity contribution >= 4 is 5.91 Å². The minimum absolute atomic E-state index is 0.172. The number of carbonyl (C=O) groups is 1. The molecule has 1 fully saturated rings. The summed E-state index contributed by atoms with van der Waals surface area (Å²) < 4.78 is 0. The van der Waals surface area contributed by atoms with Crippen LogP contribution in [0.2, 0.25) is 0 Å². The van der Waals surface area contributed by atoms with E-state index >= 15 is 0 Å². The van der Waals surface area contributed by atoms with Gasteiger partial charge in [-0.15, -0.1) is 0 Å². The minimum Gasteiger partial charge on any atom is -0.355 e. The second kappa shape index (κ2) is 8.53. The van der Waals surface area contributed by atoms with Crippen LogP contribution in [0.1, 0.15) is 38.5 Å². The molecule has 4 nitrogen and oxygen atoms in total. The van der Waals surface area contributed by atoms with Crippen LogP contribution in [0.15, 0.2) is 0 Å². The first-order valence-electron chi connectivity index (χ1n) is 6.52. The predicted molar refractivity (Wildman–Crippen MR) is 66.2 cm³/mol. The molecule has 1 rings (SSSR count). The maximum Gasteiger partial charge on any atom is 0.220 e. The molecule has 0 bridgehead atoms. The fourth-order valence-electron chi connectivity index (χ4n) is 2.05. The molecule has 0 unspecified atom stereocenters. The summed E-state index contributed by atoms with van der Waals surface area (Å²) in [5, 5.41) is 2.97. The molecule has 3 N–H and O–H groups in total. The van der Waals surface area contributed by atoms with Crippen molar-refractivity contribution in [3.05, 3.63) is 0 Å². The average molecular weight is 227 g/mol. The van der Waals surface area contributed by atoms with E-state index in [0.717, 1.165) is 25.9 Å². The number of amides is 1. The van der Waals surface area contributed by atoms with Crippen LogP contribution in [0.4, 0.5) is 0 Å². The number of unbranched alkanes of at least 4 members (excludes halogenated alkanes) is 1. The SMILES string of the molecule is NCCCCC(=O)NCCN1CCCCC1. The van der Waals surface area contributed by atoms with Gasteiger partial charge in [-0.05, 0) is 45.3 Å². The van der Waals surface area contributed by atoms with Gasteiger partial charge in [0.1, 0.15) is 0 Å². The van der Waals surface area contributed by atoms with E-state index in [1.54, 1.807) is 0 Å². The Balaban J connectivity index is 1.94. The molecule has 0 atom stereocenters. The van der Waals surface area contributed by atoms with E-state index in [2.05, 4.69) is 10.2 Å². The summed E-state index contributed by atoms with van der Waals surface area (Å²) >= 11 is 0. The normalized spacial score (nSPS) is 17.3. The van der Waals surface area contributed by atoms with Gasteiger partial charge in [0.2, 0.25) is 5.91 Å². The molecule has 0 aromatic heterocycles. The monoisotopic (exact) mass is 227 g/mol. The first kappa shape index (κ1) is 13.5. The first-order valence-corrected chi connectivity index (χ1v) is 6.52. The molecule has 1 amide bonds. The molecule has 0 saturated carbocycles. The zero-order valence-corrected chi connectivity index (χ0v) is 10.2. The highest BCUT2D eigenvalue weighted by molar-refractivity contribution is 5.75. The summed E-state index contributed by atoms with van der Waals surface area (Å²) in [6.45, 7) is 4.87. The fourth-order valence-corrected chi connectivity index (χ4v) is 2.05. The van der Waals surface area contributed by atoms with Gasteiger partial charge in [-0.1, -0.05) is 6.42 Å². The summed E-state index contributed by atoms with van der Waals surface area (Å²) in [7, 11) is 0. The van der Waals surface area contributed by atoms with Gasteiger partial charge in [-0.25, -0.2) is 0 Å². The van der Waals surface area contributed by atoms with Crippen molar-refractivity contribution < 1.29 is 4.79 Å². The maximum absolute atomic E-state index is 11.4. The van der Waals surface area contributed by atoms with Crippen molar-refractivity contribution in [1.82, 2.24) is 10.2 Å². The van der Waals surface area contributed by atoms with Crippen molar-refractivity contribution in [2.75, 3.05) is 32.7 Å². The Bertz CT molecular complexity index is 191. The molecule has 16 heavy (non-hydrogen) atoms. The van der Waals surface area contributed by atoms with Crippen LogP contribution in [-0.2, 0) is 4.79 Å². The van der Waals surface area contributed by atoms with Gasteiger partial charge in [0, 0.05) is 19.5 Å². The number of nitrogens with zero attached hydrogens (tertiary/aromatic N) is 1. The van der Waals surface area contributed by atoms with Crippen LogP contribution in [0.3, 0.4) is 0 Å². The van der Waals surface area contributed by atoms with Crippen LogP contribution in [-0.4, -0.2) is 43.5 Å². The van der Waals surface area contributed by atoms with E-state index < -0.39 is 0 Å². The van der Waals surface area contributed by atoms with Crippen LogP contribution >= 0.6 is 0 Å². The standard InChI is InChI=1S/C12H25N3O/c13-7-3-2-6-12(16)14-8-11-15-9-4-1-5-10-15/h1-11,13H2,(H,14,16). The molecule has 94 valence electrons. The Kier molecular flexibility index (Phi) is 7.17. The van der Waals surface area contributed by atoms with Crippen molar-refractivity contribution in [2.45, 2.75) is 38.5 Å². The second-order valence-electron chi connectivity index (χ2n) is 4.50. The molecule has 0 aliphatic carbocycles. The fraction of sp³-hybridized carbons (Fsp3) is 0.917. The van der Waals surface area contributed by atoms with Crippen LogP contribution in [0.25, 0.3) is 0 Å². The summed E-state index contributed by atoms with van der Waals surface area (Å²) in [4.78, 5) is 13.8. The lowest BCUT2D eigenvalue weighted by molar-refractivity contribution is -0.121. The van der Waals surface area contributed by atoms with Gasteiger partial charge < -0.3 is 16.0 Å². The number of carbonyl (C=O) groups excluding carboxylic acids is 1. The second-order valence-corrected chi connectivity index (χ2v) is 4.50. The maximum atomic E-state index is 11.4. The average Bonchev–Trinajstić information content (AvgIpc) is 2.31. The van der Waals surface area contributed by atoms with E-state index in [-0.39, 0.29) is 5.91 Å². The Morgan fingerprint density at radius 2 is 1.94 bits per heavy atom. The third kappa shape index (κ3) is 6.08. The third-order valence-corrected chi connectivity index (χ3v) is 3.06. The van der Waals surface area contributed by atoms with Gasteiger partial charge in [0.15, 0.2) is 0 Å². The molecule has 1 aliphatic heterocycles. The summed E-state index contributed by atoms with van der Waals surface area (Å²) in [6, 6.07) is 0. The lowest BCUT2D eigenvalue weighted by Gasteiger charge is -2.26. The minimum atomic E-state index is 0.172.